The Labute approximate surface area is 121 Å². The van der Waals surface area contributed by atoms with E-state index in [4.69, 9.17) is 19.9 Å². The van der Waals surface area contributed by atoms with Crippen molar-refractivity contribution < 1.29 is 23.9 Å². The summed E-state index contributed by atoms with van der Waals surface area (Å²) in [7, 11) is 1.33. The molecule has 0 heterocycles. The van der Waals surface area contributed by atoms with E-state index in [2.05, 4.69) is 0 Å². The first-order valence-electron chi connectivity index (χ1n) is 6.23. The molecule has 116 valence electrons. The maximum absolute atomic E-state index is 11.6. The van der Waals surface area contributed by atoms with E-state index in [-0.39, 0.29) is 30.4 Å². The Morgan fingerprint density at radius 3 is 2.67 bits per heavy atom. The van der Waals surface area contributed by atoms with Gasteiger partial charge in [-0.15, -0.1) is 0 Å². The van der Waals surface area contributed by atoms with E-state index in [0.29, 0.717) is 0 Å². The van der Waals surface area contributed by atoms with Crippen molar-refractivity contribution in [2.45, 2.75) is 19.4 Å². The fourth-order valence-corrected chi connectivity index (χ4v) is 1.49. The molecule has 8 nitrogen and oxygen atoms in total. The van der Waals surface area contributed by atoms with Crippen molar-refractivity contribution in [1.29, 1.82) is 0 Å². The Balaban J connectivity index is 2.82. The topological polar surface area (TPSA) is 114 Å². The van der Waals surface area contributed by atoms with Crippen molar-refractivity contribution in [3.63, 3.8) is 0 Å². The second kappa shape index (κ2) is 6.89. The number of carbonyl (C=O) groups excluding carboxylic acids is 1. The molecule has 1 unspecified atom stereocenters. The third-order valence-corrected chi connectivity index (χ3v) is 2.63. The summed E-state index contributed by atoms with van der Waals surface area (Å²) in [6, 6.07) is 4.11. The summed E-state index contributed by atoms with van der Waals surface area (Å²) >= 11 is 0. The van der Waals surface area contributed by atoms with Gasteiger partial charge >= 0.3 is 11.7 Å². The quantitative estimate of drug-likeness (QED) is 0.458. The number of hydrogen-bond acceptors (Lipinski definition) is 7. The van der Waals surface area contributed by atoms with E-state index in [1.807, 2.05) is 0 Å². The number of carbonyl (C=O) groups is 1. The molecule has 0 saturated heterocycles. The van der Waals surface area contributed by atoms with Gasteiger partial charge in [-0.1, -0.05) is 0 Å². The number of methoxy groups -OCH3 is 1. The van der Waals surface area contributed by atoms with Crippen LogP contribution in [0, 0.1) is 10.1 Å². The van der Waals surface area contributed by atoms with Gasteiger partial charge in [0, 0.05) is 0 Å². The first kappa shape index (κ1) is 16.7. The van der Waals surface area contributed by atoms with E-state index in [9.17, 15) is 14.9 Å². The van der Waals surface area contributed by atoms with Crippen molar-refractivity contribution in [3.05, 3.63) is 28.3 Å². The van der Waals surface area contributed by atoms with Crippen LogP contribution in [-0.2, 0) is 9.53 Å². The Bertz CT molecular complexity index is 529. The Morgan fingerprint density at radius 1 is 1.48 bits per heavy atom. The lowest BCUT2D eigenvalue weighted by Crippen LogP contribution is -2.51. The van der Waals surface area contributed by atoms with Gasteiger partial charge in [-0.3, -0.25) is 10.1 Å². The minimum absolute atomic E-state index is 0.119. The predicted octanol–water partition coefficient (Wildman–Crippen LogP) is 1.26. The van der Waals surface area contributed by atoms with Crippen molar-refractivity contribution in [2.24, 2.45) is 5.73 Å². The second-order valence-electron chi connectivity index (χ2n) is 4.52. The van der Waals surface area contributed by atoms with Crippen LogP contribution in [0.1, 0.15) is 13.8 Å². The van der Waals surface area contributed by atoms with E-state index in [0.717, 1.165) is 0 Å². The van der Waals surface area contributed by atoms with E-state index in [1.165, 1.54) is 32.2 Å². The van der Waals surface area contributed by atoms with Crippen molar-refractivity contribution in [3.8, 4) is 11.5 Å². The van der Waals surface area contributed by atoms with Crippen LogP contribution >= 0.6 is 0 Å². The Kier molecular flexibility index (Phi) is 5.48. The van der Waals surface area contributed by atoms with Crippen LogP contribution in [0.4, 0.5) is 5.69 Å². The van der Waals surface area contributed by atoms with Crippen molar-refractivity contribution >= 4 is 11.7 Å². The van der Waals surface area contributed by atoms with Gasteiger partial charge in [0.25, 0.3) is 0 Å². The largest absolute Gasteiger partial charge is 0.491 e. The molecule has 8 heteroatoms. The number of nitro benzene ring substituents is 1. The number of rotatable bonds is 7. The maximum atomic E-state index is 11.6. The van der Waals surface area contributed by atoms with Gasteiger partial charge in [0.2, 0.25) is 0 Å². The summed E-state index contributed by atoms with van der Waals surface area (Å²) in [4.78, 5) is 21.9. The molecule has 1 aromatic rings. The molecule has 1 aromatic carbocycles. The minimum Gasteiger partial charge on any atom is -0.491 e. The van der Waals surface area contributed by atoms with Gasteiger partial charge in [0.15, 0.2) is 5.75 Å². The average molecular weight is 298 g/mol. The highest BCUT2D eigenvalue weighted by Gasteiger charge is 2.31. The molecule has 2 N–H and O–H groups in total. The van der Waals surface area contributed by atoms with E-state index >= 15 is 0 Å². The molecular formula is C13H18N2O6. The van der Waals surface area contributed by atoms with Gasteiger partial charge in [-0.2, -0.15) is 0 Å². The minimum atomic E-state index is -1.34. The molecule has 0 spiro atoms. The highest BCUT2D eigenvalue weighted by Crippen LogP contribution is 2.30. The molecule has 1 atom stereocenters. The van der Waals surface area contributed by atoms with Crippen LogP contribution in [0.2, 0.25) is 0 Å². The summed E-state index contributed by atoms with van der Waals surface area (Å²) < 4.78 is 15.0. The van der Waals surface area contributed by atoms with Gasteiger partial charge in [0.05, 0.1) is 24.7 Å². The molecule has 0 radical (unpaired) electrons. The van der Waals surface area contributed by atoms with Gasteiger partial charge in [-0.05, 0) is 26.0 Å². The average Bonchev–Trinajstić information content (AvgIpc) is 2.45. The molecule has 0 amide bonds. The number of ether oxygens (including phenoxy) is 3. The highest BCUT2D eigenvalue weighted by atomic mass is 16.6. The van der Waals surface area contributed by atoms with Crippen molar-refractivity contribution in [2.75, 3.05) is 20.3 Å². The molecule has 0 fully saturated rings. The highest BCUT2D eigenvalue weighted by molar-refractivity contribution is 5.80. The number of hydrogen-bond donors (Lipinski definition) is 1. The van der Waals surface area contributed by atoms with Crippen LogP contribution in [0.25, 0.3) is 0 Å². The van der Waals surface area contributed by atoms with Crippen LogP contribution in [0.15, 0.2) is 18.2 Å². The summed E-state index contributed by atoms with van der Waals surface area (Å²) in [5.74, 6) is -0.273. The normalized spacial score (nSPS) is 13.1. The lowest BCUT2D eigenvalue weighted by Gasteiger charge is -2.22. The van der Waals surface area contributed by atoms with E-state index < -0.39 is 16.4 Å². The Hall–Kier alpha value is -2.35. The zero-order chi connectivity index (χ0) is 16.0. The first-order valence-corrected chi connectivity index (χ1v) is 6.23. The predicted molar refractivity (Wildman–Crippen MR) is 74.4 cm³/mol. The summed E-state index contributed by atoms with van der Waals surface area (Å²) in [6.45, 7) is 3.17. The summed E-state index contributed by atoms with van der Waals surface area (Å²) in [5, 5.41) is 10.9. The smallest absolute Gasteiger partial charge is 0.329 e. The fourth-order valence-electron chi connectivity index (χ4n) is 1.49. The zero-order valence-electron chi connectivity index (χ0n) is 12.1. The third kappa shape index (κ3) is 4.32. The van der Waals surface area contributed by atoms with Crippen molar-refractivity contribution in [1.82, 2.24) is 0 Å². The third-order valence-electron chi connectivity index (χ3n) is 2.63. The lowest BCUT2D eigenvalue weighted by molar-refractivity contribution is -0.385. The number of benzene rings is 1. The number of nitrogens with zero attached hydrogens (tertiary/aromatic N) is 1. The van der Waals surface area contributed by atoms with Gasteiger partial charge in [-0.25, -0.2) is 4.79 Å². The maximum Gasteiger partial charge on any atom is 0.329 e. The van der Waals surface area contributed by atoms with Gasteiger partial charge in [0.1, 0.15) is 17.9 Å². The molecule has 1 rings (SSSR count). The molecule has 0 aliphatic carbocycles. The van der Waals surface area contributed by atoms with Gasteiger partial charge < -0.3 is 19.9 Å². The van der Waals surface area contributed by atoms with Crippen LogP contribution in [0.5, 0.6) is 11.5 Å². The van der Waals surface area contributed by atoms with Crippen LogP contribution < -0.4 is 15.2 Å². The first-order chi connectivity index (χ1) is 9.81. The Morgan fingerprint density at radius 2 is 2.14 bits per heavy atom. The number of nitrogens with two attached hydrogens (primary N) is 1. The monoisotopic (exact) mass is 298 g/mol. The zero-order valence-corrected chi connectivity index (χ0v) is 12.1. The molecule has 0 bridgehead atoms. The van der Waals surface area contributed by atoms with Crippen LogP contribution in [0.3, 0.4) is 0 Å². The van der Waals surface area contributed by atoms with Crippen LogP contribution in [-0.4, -0.2) is 36.8 Å². The second-order valence-corrected chi connectivity index (χ2v) is 4.52. The standard InChI is InChI=1S/C13H18N2O6/c1-4-20-12(16)13(2,14)8-21-9-5-6-11(19-3)10(7-9)15(17)18/h5-7H,4,8,14H2,1-3H3. The molecule has 0 saturated carbocycles. The molecule has 0 aromatic heterocycles. The van der Waals surface area contributed by atoms with E-state index in [1.54, 1.807) is 6.92 Å². The lowest BCUT2D eigenvalue weighted by atomic mass is 10.1. The number of nitro groups is 1. The number of esters is 1. The molecule has 21 heavy (non-hydrogen) atoms. The summed E-state index contributed by atoms with van der Waals surface area (Å²) in [6.07, 6.45) is 0. The fraction of sp³-hybridized carbons (Fsp3) is 0.462. The summed E-state index contributed by atoms with van der Waals surface area (Å²) in [5.41, 5.74) is 4.22. The molecule has 0 aliphatic rings. The molecule has 0 aliphatic heterocycles. The molecular weight excluding hydrogens is 280 g/mol. The SMILES string of the molecule is CCOC(=O)C(C)(N)COc1ccc(OC)c([N+](=O)[O-])c1.